The summed E-state index contributed by atoms with van der Waals surface area (Å²) in [6, 6.07) is 4.93. The molecule has 2 aliphatic rings. The minimum atomic E-state index is -3.46. The van der Waals surface area contributed by atoms with Gasteiger partial charge in [0.25, 0.3) is 10.2 Å². The van der Waals surface area contributed by atoms with Crippen LogP contribution in [0.25, 0.3) is 0 Å². The molecule has 0 atom stereocenters. The normalized spacial score (nSPS) is 17.6. The Morgan fingerprint density at radius 3 is 2.42 bits per heavy atom. The molecule has 2 amide bonds. The molecule has 2 aliphatic heterocycles. The number of ether oxygens (including phenoxy) is 2. The molecule has 1 saturated heterocycles. The van der Waals surface area contributed by atoms with Crippen molar-refractivity contribution in [3.63, 3.8) is 0 Å². The zero-order chi connectivity index (χ0) is 18.7. The summed E-state index contributed by atoms with van der Waals surface area (Å²) in [7, 11) is -3.46. The maximum atomic E-state index is 12.5. The van der Waals surface area contributed by atoms with Crippen LogP contribution in [0.15, 0.2) is 18.2 Å². The summed E-state index contributed by atoms with van der Waals surface area (Å²) in [5.41, 5.74) is 0.609. The van der Waals surface area contributed by atoms with Crippen LogP contribution in [-0.2, 0) is 10.2 Å². The third kappa shape index (κ3) is 3.71. The second-order valence-electron chi connectivity index (χ2n) is 5.98. The van der Waals surface area contributed by atoms with Crippen LogP contribution in [0.5, 0.6) is 11.5 Å². The van der Waals surface area contributed by atoms with Crippen molar-refractivity contribution in [1.82, 2.24) is 13.5 Å². The maximum Gasteiger partial charge on any atom is 0.321 e. The SMILES string of the molecule is CCN(CC)S(=O)(=O)N1CCN(C(=O)Nc2ccc3c(c2)OCO3)CC1. The van der Waals surface area contributed by atoms with E-state index in [1.165, 1.54) is 8.61 Å². The molecule has 9 nitrogen and oxygen atoms in total. The highest BCUT2D eigenvalue weighted by Crippen LogP contribution is 2.34. The fraction of sp³-hybridized carbons (Fsp3) is 0.562. The standard InChI is InChI=1S/C16H24N4O5S/c1-3-19(4-2)26(22,23)20-9-7-18(8-10-20)16(21)17-13-5-6-14-15(11-13)25-12-24-14/h5-6,11H,3-4,7-10,12H2,1-2H3,(H,17,21). The Bertz CT molecular complexity index is 758. The third-order valence-corrected chi connectivity index (χ3v) is 6.69. The molecular formula is C16H24N4O5S. The Kier molecular flexibility index (Phi) is 5.54. The fourth-order valence-electron chi connectivity index (χ4n) is 3.01. The average Bonchev–Trinajstić information content (AvgIpc) is 3.10. The van der Waals surface area contributed by atoms with Crippen molar-refractivity contribution in [2.75, 3.05) is 51.4 Å². The van der Waals surface area contributed by atoms with Crippen LogP contribution in [-0.4, -0.2) is 74.0 Å². The Morgan fingerprint density at radius 2 is 1.77 bits per heavy atom. The first-order valence-corrected chi connectivity index (χ1v) is 10.1. The van der Waals surface area contributed by atoms with Gasteiger partial charge in [-0.15, -0.1) is 0 Å². The molecule has 1 aromatic carbocycles. The van der Waals surface area contributed by atoms with Crippen molar-refractivity contribution in [1.29, 1.82) is 0 Å². The van der Waals surface area contributed by atoms with E-state index in [1.54, 1.807) is 23.1 Å². The quantitative estimate of drug-likeness (QED) is 0.822. The van der Waals surface area contributed by atoms with Crippen LogP contribution in [0.4, 0.5) is 10.5 Å². The third-order valence-electron chi connectivity index (χ3n) is 4.51. The number of anilines is 1. The number of urea groups is 1. The van der Waals surface area contributed by atoms with Gasteiger partial charge < -0.3 is 19.7 Å². The molecule has 0 aliphatic carbocycles. The first kappa shape index (κ1) is 18.7. The minimum Gasteiger partial charge on any atom is -0.454 e. The molecule has 10 heteroatoms. The molecule has 0 radical (unpaired) electrons. The second-order valence-corrected chi connectivity index (χ2v) is 7.90. The van der Waals surface area contributed by atoms with Gasteiger partial charge in [-0.2, -0.15) is 17.0 Å². The highest BCUT2D eigenvalue weighted by Gasteiger charge is 2.32. The van der Waals surface area contributed by atoms with Gasteiger partial charge in [0.1, 0.15) is 0 Å². The molecule has 1 aromatic rings. The lowest BCUT2D eigenvalue weighted by molar-refractivity contribution is 0.174. The maximum absolute atomic E-state index is 12.5. The monoisotopic (exact) mass is 384 g/mol. The Morgan fingerprint density at radius 1 is 1.12 bits per heavy atom. The smallest absolute Gasteiger partial charge is 0.321 e. The lowest BCUT2D eigenvalue weighted by Gasteiger charge is -2.36. The summed E-state index contributed by atoms with van der Waals surface area (Å²) < 4.78 is 38.5. The molecule has 3 rings (SSSR count). The lowest BCUT2D eigenvalue weighted by atomic mass is 10.3. The van der Waals surface area contributed by atoms with Crippen molar-refractivity contribution in [2.24, 2.45) is 0 Å². The average molecular weight is 384 g/mol. The van der Waals surface area contributed by atoms with Crippen LogP contribution >= 0.6 is 0 Å². The predicted molar refractivity (Wildman–Crippen MR) is 96.6 cm³/mol. The number of nitrogens with zero attached hydrogens (tertiary/aromatic N) is 3. The minimum absolute atomic E-state index is 0.176. The Labute approximate surface area is 153 Å². The summed E-state index contributed by atoms with van der Waals surface area (Å²) in [5, 5.41) is 2.81. The number of carbonyl (C=O) groups is 1. The fourth-order valence-corrected chi connectivity index (χ4v) is 4.62. The molecule has 0 unspecified atom stereocenters. The molecule has 0 aromatic heterocycles. The highest BCUT2D eigenvalue weighted by molar-refractivity contribution is 7.86. The van der Waals surface area contributed by atoms with Crippen LogP contribution in [0.3, 0.4) is 0 Å². The van der Waals surface area contributed by atoms with E-state index in [0.29, 0.717) is 43.4 Å². The van der Waals surface area contributed by atoms with Gasteiger partial charge in [0.15, 0.2) is 11.5 Å². The predicted octanol–water partition coefficient (Wildman–Crippen LogP) is 1.15. The Balaban J connectivity index is 1.57. The zero-order valence-corrected chi connectivity index (χ0v) is 15.8. The number of carbonyl (C=O) groups excluding carboxylic acids is 1. The summed E-state index contributed by atoms with van der Waals surface area (Å²) >= 11 is 0. The number of hydrogen-bond donors (Lipinski definition) is 1. The number of piperazine rings is 1. The highest BCUT2D eigenvalue weighted by atomic mass is 32.2. The van der Waals surface area contributed by atoms with Gasteiger partial charge in [-0.05, 0) is 12.1 Å². The van der Waals surface area contributed by atoms with Gasteiger partial charge in [0.2, 0.25) is 6.79 Å². The molecule has 0 bridgehead atoms. The molecule has 0 saturated carbocycles. The topological polar surface area (TPSA) is 91.4 Å². The molecule has 144 valence electrons. The molecule has 1 N–H and O–H groups in total. The van der Waals surface area contributed by atoms with Gasteiger partial charge in [-0.25, -0.2) is 4.79 Å². The summed E-state index contributed by atoms with van der Waals surface area (Å²) in [6.45, 7) is 5.93. The number of rotatable bonds is 5. The molecule has 0 spiro atoms. The number of benzene rings is 1. The van der Waals surface area contributed by atoms with E-state index in [2.05, 4.69) is 5.32 Å². The number of nitrogens with one attached hydrogen (secondary N) is 1. The van der Waals surface area contributed by atoms with Crippen molar-refractivity contribution >= 4 is 21.9 Å². The number of amides is 2. The van der Waals surface area contributed by atoms with Gasteiger partial charge >= 0.3 is 6.03 Å². The number of hydrogen-bond acceptors (Lipinski definition) is 5. The summed E-state index contributed by atoms with van der Waals surface area (Å²) in [5.74, 6) is 1.25. The van der Waals surface area contributed by atoms with Gasteiger partial charge in [0.05, 0.1) is 0 Å². The second kappa shape index (κ2) is 7.68. The van der Waals surface area contributed by atoms with Crippen molar-refractivity contribution in [3.05, 3.63) is 18.2 Å². The van der Waals surface area contributed by atoms with E-state index < -0.39 is 10.2 Å². The first-order chi connectivity index (χ1) is 12.5. The van der Waals surface area contributed by atoms with E-state index in [-0.39, 0.29) is 25.9 Å². The van der Waals surface area contributed by atoms with Gasteiger partial charge in [-0.3, -0.25) is 0 Å². The Hall–Kier alpha value is -2.04. The van der Waals surface area contributed by atoms with Crippen LogP contribution in [0, 0.1) is 0 Å². The van der Waals surface area contributed by atoms with E-state index in [1.807, 2.05) is 13.8 Å². The summed E-state index contributed by atoms with van der Waals surface area (Å²) in [4.78, 5) is 14.0. The summed E-state index contributed by atoms with van der Waals surface area (Å²) in [6.07, 6.45) is 0. The van der Waals surface area contributed by atoms with E-state index >= 15 is 0 Å². The van der Waals surface area contributed by atoms with Crippen LogP contribution in [0.2, 0.25) is 0 Å². The van der Waals surface area contributed by atoms with E-state index in [9.17, 15) is 13.2 Å². The molecular weight excluding hydrogens is 360 g/mol. The largest absolute Gasteiger partial charge is 0.454 e. The number of fused-ring (bicyclic) bond motifs is 1. The van der Waals surface area contributed by atoms with Gasteiger partial charge in [0, 0.05) is 51.0 Å². The zero-order valence-electron chi connectivity index (χ0n) is 15.0. The van der Waals surface area contributed by atoms with Crippen molar-refractivity contribution < 1.29 is 22.7 Å². The van der Waals surface area contributed by atoms with Gasteiger partial charge in [-0.1, -0.05) is 13.8 Å². The lowest BCUT2D eigenvalue weighted by Crippen LogP contribution is -2.54. The van der Waals surface area contributed by atoms with E-state index in [4.69, 9.17) is 9.47 Å². The van der Waals surface area contributed by atoms with Crippen molar-refractivity contribution in [2.45, 2.75) is 13.8 Å². The van der Waals surface area contributed by atoms with Crippen LogP contribution in [0.1, 0.15) is 13.8 Å². The van der Waals surface area contributed by atoms with Crippen LogP contribution < -0.4 is 14.8 Å². The molecule has 2 heterocycles. The van der Waals surface area contributed by atoms with E-state index in [0.717, 1.165) is 0 Å². The first-order valence-electron chi connectivity index (χ1n) is 8.66. The molecule has 1 fully saturated rings. The molecule has 26 heavy (non-hydrogen) atoms. The van der Waals surface area contributed by atoms with Crippen molar-refractivity contribution in [3.8, 4) is 11.5 Å².